The Balaban J connectivity index is 1.62. The molecule has 0 aromatic heterocycles. The van der Waals surface area contributed by atoms with Gasteiger partial charge in [-0.25, -0.2) is 4.79 Å². The summed E-state index contributed by atoms with van der Waals surface area (Å²) in [5, 5.41) is 0. The summed E-state index contributed by atoms with van der Waals surface area (Å²) in [6.45, 7) is 10.7. The van der Waals surface area contributed by atoms with Crippen LogP contribution in [0.5, 0.6) is 0 Å². The van der Waals surface area contributed by atoms with Crippen molar-refractivity contribution in [3.63, 3.8) is 0 Å². The molecule has 0 unspecified atom stereocenters. The molecular formula is C28H42N2O3. The van der Waals surface area contributed by atoms with Crippen LogP contribution >= 0.6 is 0 Å². The first-order valence-electron chi connectivity index (χ1n) is 12.7. The predicted octanol–water partition coefficient (Wildman–Crippen LogP) is 6.15. The zero-order valence-electron chi connectivity index (χ0n) is 21.0. The van der Waals surface area contributed by atoms with Crippen molar-refractivity contribution >= 4 is 18.1 Å². The number of carbonyl (C=O) groups excluding carboxylic acids is 2. The van der Waals surface area contributed by atoms with Crippen LogP contribution in [-0.2, 0) is 9.53 Å². The van der Waals surface area contributed by atoms with Gasteiger partial charge in [-0.2, -0.15) is 0 Å². The summed E-state index contributed by atoms with van der Waals surface area (Å²) in [5.41, 5.74) is 1.90. The molecule has 0 bridgehead atoms. The fraction of sp³-hybridized carbons (Fsp3) is 0.643. The number of likely N-dealkylation sites (tertiary alicyclic amines) is 1. The smallest absolute Gasteiger partial charge is 0.410 e. The molecule has 1 aliphatic heterocycles. The van der Waals surface area contributed by atoms with Crippen LogP contribution in [0, 0.1) is 11.8 Å². The number of benzene rings is 1. The number of carbonyl (C=O) groups is 2. The first-order chi connectivity index (χ1) is 15.7. The molecule has 1 saturated heterocycles. The normalized spacial score (nSPS) is 18.8. The Labute approximate surface area is 200 Å². The lowest BCUT2D eigenvalue weighted by Crippen LogP contribution is -2.46. The summed E-state index contributed by atoms with van der Waals surface area (Å²) < 4.78 is 5.54. The van der Waals surface area contributed by atoms with Crippen LogP contribution in [0.2, 0.25) is 0 Å². The van der Waals surface area contributed by atoms with E-state index in [0.717, 1.165) is 45.1 Å². The number of piperidine rings is 1. The first-order valence-corrected chi connectivity index (χ1v) is 12.7. The van der Waals surface area contributed by atoms with Crippen LogP contribution in [0.1, 0.15) is 78.2 Å². The van der Waals surface area contributed by atoms with E-state index >= 15 is 0 Å². The van der Waals surface area contributed by atoms with Crippen molar-refractivity contribution in [2.24, 2.45) is 11.8 Å². The molecule has 1 aromatic carbocycles. The molecule has 0 radical (unpaired) electrons. The van der Waals surface area contributed by atoms with Crippen molar-refractivity contribution in [1.29, 1.82) is 0 Å². The average Bonchev–Trinajstić information content (AvgIpc) is 2.78. The van der Waals surface area contributed by atoms with Gasteiger partial charge in [0.25, 0.3) is 0 Å². The molecule has 0 N–H and O–H groups in total. The monoisotopic (exact) mass is 454 g/mol. The highest BCUT2D eigenvalue weighted by Gasteiger charge is 2.31. The second-order valence-electron chi connectivity index (χ2n) is 10.9. The lowest BCUT2D eigenvalue weighted by atomic mass is 9.87. The highest BCUT2D eigenvalue weighted by atomic mass is 16.6. The van der Waals surface area contributed by atoms with Gasteiger partial charge in [-0.3, -0.25) is 4.79 Å². The maximum atomic E-state index is 13.5. The zero-order chi connectivity index (χ0) is 23.8. The van der Waals surface area contributed by atoms with Gasteiger partial charge in [-0.05, 0) is 64.9 Å². The summed E-state index contributed by atoms with van der Waals surface area (Å²) in [7, 11) is 0. The third-order valence-electron chi connectivity index (χ3n) is 6.66. The fourth-order valence-electron chi connectivity index (χ4n) is 4.96. The molecule has 1 aromatic rings. The third-order valence-corrected chi connectivity index (χ3v) is 6.66. The second kappa shape index (κ2) is 11.7. The van der Waals surface area contributed by atoms with Gasteiger partial charge >= 0.3 is 6.09 Å². The zero-order valence-corrected chi connectivity index (χ0v) is 21.0. The van der Waals surface area contributed by atoms with Crippen molar-refractivity contribution in [3.05, 3.63) is 41.5 Å². The average molecular weight is 455 g/mol. The van der Waals surface area contributed by atoms with Crippen LogP contribution in [-0.4, -0.2) is 53.6 Å². The SMILES string of the molecule is CC(=Cc1ccccc1)CN(CC1CCN(C(=O)OC(C)(C)C)CC1)C(=O)C1CCCCC1. The van der Waals surface area contributed by atoms with Gasteiger partial charge in [0.2, 0.25) is 5.91 Å². The summed E-state index contributed by atoms with van der Waals surface area (Å²) in [6, 6.07) is 10.3. The molecule has 1 saturated carbocycles. The molecule has 33 heavy (non-hydrogen) atoms. The molecule has 3 rings (SSSR count). The molecule has 2 aliphatic rings. The fourth-order valence-corrected chi connectivity index (χ4v) is 4.96. The molecule has 2 fully saturated rings. The minimum absolute atomic E-state index is 0.171. The lowest BCUT2D eigenvalue weighted by Gasteiger charge is -2.37. The van der Waals surface area contributed by atoms with Crippen LogP contribution < -0.4 is 0 Å². The third kappa shape index (κ3) is 8.21. The number of rotatable bonds is 6. The van der Waals surface area contributed by atoms with E-state index in [0.29, 0.717) is 31.5 Å². The van der Waals surface area contributed by atoms with Gasteiger partial charge in [0.1, 0.15) is 5.60 Å². The molecule has 5 heteroatoms. The van der Waals surface area contributed by atoms with Gasteiger partial charge in [0, 0.05) is 32.1 Å². The molecule has 1 aliphatic carbocycles. The summed E-state index contributed by atoms with van der Waals surface area (Å²) >= 11 is 0. The molecule has 1 heterocycles. The molecule has 182 valence electrons. The van der Waals surface area contributed by atoms with Crippen molar-refractivity contribution in [2.75, 3.05) is 26.2 Å². The number of hydrogen-bond acceptors (Lipinski definition) is 3. The minimum atomic E-state index is -0.472. The highest BCUT2D eigenvalue weighted by molar-refractivity contribution is 5.79. The van der Waals surface area contributed by atoms with Gasteiger partial charge in [0.15, 0.2) is 0 Å². The van der Waals surface area contributed by atoms with E-state index in [4.69, 9.17) is 4.74 Å². The largest absolute Gasteiger partial charge is 0.444 e. The van der Waals surface area contributed by atoms with Gasteiger partial charge in [-0.1, -0.05) is 61.2 Å². The van der Waals surface area contributed by atoms with E-state index in [-0.39, 0.29) is 12.0 Å². The van der Waals surface area contributed by atoms with E-state index in [2.05, 4.69) is 30.0 Å². The molecule has 0 spiro atoms. The Hall–Kier alpha value is -2.30. The van der Waals surface area contributed by atoms with E-state index in [9.17, 15) is 9.59 Å². The topological polar surface area (TPSA) is 49.9 Å². The quantitative estimate of drug-likeness (QED) is 0.518. The summed E-state index contributed by atoms with van der Waals surface area (Å²) in [6.07, 6.45) is 9.41. The standard InChI is InChI=1S/C28H42N2O3/c1-22(19-23-11-7-5-8-12-23)20-30(26(31)25-13-9-6-10-14-25)21-24-15-17-29(18-16-24)27(32)33-28(2,3)4/h5,7-8,11-12,19,24-25H,6,9-10,13-18,20-21H2,1-4H3. The Morgan fingerprint density at radius 3 is 2.27 bits per heavy atom. The lowest BCUT2D eigenvalue weighted by molar-refractivity contribution is -0.137. The second-order valence-corrected chi connectivity index (χ2v) is 10.9. The Morgan fingerprint density at radius 1 is 1.03 bits per heavy atom. The van der Waals surface area contributed by atoms with Crippen LogP contribution in [0.4, 0.5) is 4.79 Å². The first kappa shape index (κ1) is 25.3. The molecular weight excluding hydrogens is 412 g/mol. The summed E-state index contributed by atoms with van der Waals surface area (Å²) in [5.74, 6) is 0.913. The van der Waals surface area contributed by atoms with Crippen molar-refractivity contribution < 1.29 is 14.3 Å². The number of nitrogens with zero attached hydrogens (tertiary/aromatic N) is 2. The number of hydrogen-bond donors (Lipinski definition) is 0. The maximum Gasteiger partial charge on any atom is 0.410 e. The van der Waals surface area contributed by atoms with E-state index in [1.165, 1.54) is 17.6 Å². The van der Waals surface area contributed by atoms with Gasteiger partial charge in [0.05, 0.1) is 0 Å². The van der Waals surface area contributed by atoms with Crippen molar-refractivity contribution in [3.8, 4) is 0 Å². The number of amides is 2. The minimum Gasteiger partial charge on any atom is -0.444 e. The Bertz CT molecular complexity index is 798. The van der Waals surface area contributed by atoms with E-state index in [1.54, 1.807) is 0 Å². The molecule has 2 amide bonds. The summed E-state index contributed by atoms with van der Waals surface area (Å²) in [4.78, 5) is 29.8. The van der Waals surface area contributed by atoms with Crippen molar-refractivity contribution in [1.82, 2.24) is 9.80 Å². The van der Waals surface area contributed by atoms with E-state index in [1.807, 2.05) is 43.9 Å². The van der Waals surface area contributed by atoms with Gasteiger partial charge in [-0.15, -0.1) is 0 Å². The molecule has 0 atom stereocenters. The predicted molar refractivity (Wildman–Crippen MR) is 134 cm³/mol. The molecule has 5 nitrogen and oxygen atoms in total. The van der Waals surface area contributed by atoms with Crippen molar-refractivity contribution in [2.45, 2.75) is 78.2 Å². The van der Waals surface area contributed by atoms with E-state index < -0.39 is 5.60 Å². The van der Waals surface area contributed by atoms with Gasteiger partial charge < -0.3 is 14.5 Å². The Morgan fingerprint density at radius 2 is 1.67 bits per heavy atom. The maximum absolute atomic E-state index is 13.5. The van der Waals surface area contributed by atoms with Crippen LogP contribution in [0.15, 0.2) is 35.9 Å². The Kier molecular flexibility index (Phi) is 8.99. The highest BCUT2D eigenvalue weighted by Crippen LogP contribution is 2.28. The number of ether oxygens (including phenoxy) is 1. The van der Waals surface area contributed by atoms with Crippen LogP contribution in [0.25, 0.3) is 6.08 Å². The van der Waals surface area contributed by atoms with Crippen LogP contribution in [0.3, 0.4) is 0 Å².